The van der Waals surface area contributed by atoms with Gasteiger partial charge < -0.3 is 9.47 Å². The van der Waals surface area contributed by atoms with Gasteiger partial charge in [-0.25, -0.2) is 0 Å². The number of rotatable bonds is 6. The predicted molar refractivity (Wildman–Crippen MR) is 68.4 cm³/mol. The van der Waals surface area contributed by atoms with E-state index < -0.39 is 11.4 Å². The molecule has 0 N–H and O–H groups in total. The van der Waals surface area contributed by atoms with Crippen LogP contribution in [-0.2, 0) is 23.9 Å². The Morgan fingerprint density at radius 2 is 1.89 bits per heavy atom. The largest absolute Gasteiger partial charge is 0.469 e. The number of Topliss-reactive ketones (excluding diaryl/α,β-unsaturated/α-hetero) is 1. The highest BCUT2D eigenvalue weighted by molar-refractivity contribution is 6.04. The van der Waals surface area contributed by atoms with E-state index in [-0.39, 0.29) is 11.8 Å². The van der Waals surface area contributed by atoms with Crippen LogP contribution in [-0.4, -0.2) is 31.9 Å². The number of carbonyl (C=O) groups excluding carboxylic acids is 3. The average molecular weight is 270 g/mol. The number of unbranched alkanes of at least 4 members (excludes halogenated alkanes) is 1. The van der Waals surface area contributed by atoms with E-state index in [9.17, 15) is 14.4 Å². The van der Waals surface area contributed by atoms with Gasteiger partial charge in [-0.05, 0) is 25.7 Å². The van der Waals surface area contributed by atoms with Crippen LogP contribution < -0.4 is 0 Å². The Hall–Kier alpha value is -1.39. The minimum absolute atomic E-state index is 0.0105. The van der Waals surface area contributed by atoms with Crippen molar-refractivity contribution < 1.29 is 23.9 Å². The lowest BCUT2D eigenvalue weighted by Crippen LogP contribution is -2.42. The van der Waals surface area contributed by atoms with Gasteiger partial charge in [-0.3, -0.25) is 14.4 Å². The highest BCUT2D eigenvalue weighted by atomic mass is 16.5. The van der Waals surface area contributed by atoms with E-state index in [0.717, 1.165) is 12.8 Å². The standard InChI is InChI=1S/C14H22O5/c1-18-12(16)8-4-6-10-14(13(17)19-2)9-5-3-7-11(14)15/h3-10H2,1-2H3/t14-/m1/s1. The van der Waals surface area contributed by atoms with Gasteiger partial charge in [-0.15, -0.1) is 0 Å². The van der Waals surface area contributed by atoms with Crippen molar-refractivity contribution in [2.45, 2.75) is 51.4 Å². The summed E-state index contributed by atoms with van der Waals surface area (Å²) in [5, 5.41) is 0. The third kappa shape index (κ3) is 3.78. The predicted octanol–water partition coefficient (Wildman–Crippen LogP) is 2.02. The molecule has 1 saturated carbocycles. The molecule has 0 saturated heterocycles. The molecule has 0 aromatic carbocycles. The van der Waals surface area contributed by atoms with Crippen molar-refractivity contribution in [3.05, 3.63) is 0 Å². The minimum Gasteiger partial charge on any atom is -0.469 e. The van der Waals surface area contributed by atoms with Gasteiger partial charge in [0.2, 0.25) is 0 Å². The Morgan fingerprint density at radius 3 is 2.47 bits per heavy atom. The number of ketones is 1. The van der Waals surface area contributed by atoms with Crippen LogP contribution in [0.3, 0.4) is 0 Å². The van der Waals surface area contributed by atoms with Crippen molar-refractivity contribution in [2.24, 2.45) is 5.41 Å². The fraction of sp³-hybridized carbons (Fsp3) is 0.786. The van der Waals surface area contributed by atoms with Gasteiger partial charge in [0, 0.05) is 12.8 Å². The molecule has 5 nitrogen and oxygen atoms in total. The second kappa shape index (κ2) is 7.26. The van der Waals surface area contributed by atoms with E-state index in [1.165, 1.54) is 14.2 Å². The average Bonchev–Trinajstić information content (AvgIpc) is 2.44. The first kappa shape index (κ1) is 15.7. The normalized spacial score (nSPS) is 22.9. The minimum atomic E-state index is -0.969. The summed E-state index contributed by atoms with van der Waals surface area (Å²) in [6.07, 6.45) is 4.80. The lowest BCUT2D eigenvalue weighted by atomic mass is 9.70. The molecule has 108 valence electrons. The Bertz CT molecular complexity index is 340. The maximum absolute atomic E-state index is 12.1. The van der Waals surface area contributed by atoms with E-state index in [4.69, 9.17) is 4.74 Å². The quantitative estimate of drug-likeness (QED) is 0.419. The second-order valence-corrected chi connectivity index (χ2v) is 4.99. The maximum Gasteiger partial charge on any atom is 0.319 e. The van der Waals surface area contributed by atoms with Crippen LogP contribution in [0.25, 0.3) is 0 Å². The van der Waals surface area contributed by atoms with Crippen LogP contribution in [0.4, 0.5) is 0 Å². The van der Waals surface area contributed by atoms with E-state index in [2.05, 4.69) is 4.74 Å². The van der Waals surface area contributed by atoms with Gasteiger partial charge in [0.25, 0.3) is 0 Å². The molecule has 1 rings (SSSR count). The van der Waals surface area contributed by atoms with E-state index in [0.29, 0.717) is 38.5 Å². The Labute approximate surface area is 113 Å². The molecular weight excluding hydrogens is 248 g/mol. The smallest absolute Gasteiger partial charge is 0.319 e. The molecule has 0 aromatic rings. The summed E-state index contributed by atoms with van der Waals surface area (Å²) < 4.78 is 9.37. The molecule has 1 atom stereocenters. The fourth-order valence-electron chi connectivity index (χ4n) is 2.67. The number of hydrogen-bond acceptors (Lipinski definition) is 5. The summed E-state index contributed by atoms with van der Waals surface area (Å²) in [4.78, 5) is 35.1. The van der Waals surface area contributed by atoms with Gasteiger partial charge in [-0.2, -0.15) is 0 Å². The van der Waals surface area contributed by atoms with Crippen LogP contribution in [0.15, 0.2) is 0 Å². The van der Waals surface area contributed by atoms with Crippen molar-refractivity contribution in [1.29, 1.82) is 0 Å². The van der Waals surface area contributed by atoms with Gasteiger partial charge in [0.05, 0.1) is 14.2 Å². The summed E-state index contributed by atoms with van der Waals surface area (Å²) in [5.74, 6) is -0.693. The van der Waals surface area contributed by atoms with Gasteiger partial charge in [0.1, 0.15) is 11.2 Å². The number of esters is 2. The summed E-state index contributed by atoms with van der Waals surface area (Å²) in [6, 6.07) is 0. The molecule has 0 bridgehead atoms. The molecular formula is C14H22O5. The maximum atomic E-state index is 12.1. The lowest BCUT2D eigenvalue weighted by molar-refractivity contribution is -0.160. The molecule has 1 aliphatic carbocycles. The first-order valence-electron chi connectivity index (χ1n) is 6.75. The number of methoxy groups -OCH3 is 2. The first-order valence-corrected chi connectivity index (χ1v) is 6.75. The van der Waals surface area contributed by atoms with Crippen molar-refractivity contribution in [1.82, 2.24) is 0 Å². The van der Waals surface area contributed by atoms with E-state index in [1.807, 2.05) is 0 Å². The second-order valence-electron chi connectivity index (χ2n) is 4.99. The number of hydrogen-bond donors (Lipinski definition) is 0. The van der Waals surface area contributed by atoms with E-state index in [1.54, 1.807) is 0 Å². The highest BCUT2D eigenvalue weighted by Gasteiger charge is 2.46. The highest BCUT2D eigenvalue weighted by Crippen LogP contribution is 2.39. The SMILES string of the molecule is COC(=O)CCCC[C@]1(C(=O)OC)CCCCC1=O. The molecule has 1 fully saturated rings. The van der Waals surface area contributed by atoms with Crippen LogP contribution in [0, 0.1) is 5.41 Å². The third-order valence-electron chi connectivity index (χ3n) is 3.83. The molecule has 19 heavy (non-hydrogen) atoms. The molecule has 5 heteroatoms. The summed E-state index contributed by atoms with van der Waals surface area (Å²) in [5.41, 5.74) is -0.969. The molecule has 0 radical (unpaired) electrons. The van der Waals surface area contributed by atoms with Crippen LogP contribution in [0.5, 0.6) is 0 Å². The summed E-state index contributed by atoms with van der Waals surface area (Å²) >= 11 is 0. The summed E-state index contributed by atoms with van der Waals surface area (Å²) in [7, 11) is 2.67. The molecule has 0 amide bonds. The van der Waals surface area contributed by atoms with Crippen molar-refractivity contribution in [3.63, 3.8) is 0 Å². The topological polar surface area (TPSA) is 69.7 Å². The molecule has 0 aromatic heterocycles. The fourth-order valence-corrected chi connectivity index (χ4v) is 2.67. The number of ether oxygens (including phenoxy) is 2. The molecule has 1 aliphatic rings. The monoisotopic (exact) mass is 270 g/mol. The van der Waals surface area contributed by atoms with Crippen LogP contribution in [0.2, 0.25) is 0 Å². The number of carbonyl (C=O) groups is 3. The molecule has 0 spiro atoms. The summed E-state index contributed by atoms with van der Waals surface area (Å²) in [6.45, 7) is 0. The van der Waals surface area contributed by atoms with Crippen LogP contribution >= 0.6 is 0 Å². The van der Waals surface area contributed by atoms with Crippen molar-refractivity contribution >= 4 is 17.7 Å². The van der Waals surface area contributed by atoms with Gasteiger partial charge >= 0.3 is 11.9 Å². The zero-order valence-corrected chi connectivity index (χ0v) is 11.7. The Balaban J connectivity index is 2.58. The Kier molecular flexibility index (Phi) is 5.99. The van der Waals surface area contributed by atoms with Crippen molar-refractivity contribution in [2.75, 3.05) is 14.2 Å². The molecule has 0 aliphatic heterocycles. The van der Waals surface area contributed by atoms with Gasteiger partial charge in [0.15, 0.2) is 0 Å². The zero-order chi connectivity index (χ0) is 14.3. The van der Waals surface area contributed by atoms with Gasteiger partial charge in [-0.1, -0.05) is 12.8 Å². The molecule has 0 unspecified atom stereocenters. The first-order chi connectivity index (χ1) is 9.06. The van der Waals surface area contributed by atoms with Crippen molar-refractivity contribution in [3.8, 4) is 0 Å². The lowest BCUT2D eigenvalue weighted by Gasteiger charge is -2.32. The van der Waals surface area contributed by atoms with E-state index >= 15 is 0 Å². The zero-order valence-electron chi connectivity index (χ0n) is 11.7. The third-order valence-corrected chi connectivity index (χ3v) is 3.83. The molecule has 0 heterocycles. The van der Waals surface area contributed by atoms with Crippen LogP contribution in [0.1, 0.15) is 51.4 Å². The Morgan fingerprint density at radius 1 is 1.16 bits per heavy atom.